The highest BCUT2D eigenvalue weighted by Gasteiger charge is 2.24. The SMILES string of the molecule is Cc1cc([N+](=O)[O-])c(F)cc1C(O)C(O)CCS. The molecule has 5 nitrogen and oxygen atoms in total. The lowest BCUT2D eigenvalue weighted by Crippen LogP contribution is -2.20. The fourth-order valence-electron chi connectivity index (χ4n) is 1.64. The molecule has 0 amide bonds. The third kappa shape index (κ3) is 3.18. The summed E-state index contributed by atoms with van der Waals surface area (Å²) in [5.74, 6) is -0.662. The molecule has 100 valence electrons. The van der Waals surface area contributed by atoms with Gasteiger partial charge in [0.1, 0.15) is 6.10 Å². The number of aliphatic hydroxyl groups excluding tert-OH is 2. The van der Waals surface area contributed by atoms with Crippen LogP contribution in [0.15, 0.2) is 12.1 Å². The number of hydrogen-bond donors (Lipinski definition) is 3. The molecule has 0 radical (unpaired) electrons. The van der Waals surface area contributed by atoms with E-state index >= 15 is 0 Å². The monoisotopic (exact) mass is 275 g/mol. The molecule has 0 heterocycles. The van der Waals surface area contributed by atoms with Crippen molar-refractivity contribution < 1.29 is 19.5 Å². The van der Waals surface area contributed by atoms with Crippen molar-refractivity contribution in [3.05, 3.63) is 39.2 Å². The first-order valence-corrected chi connectivity index (χ1v) is 5.93. The smallest absolute Gasteiger partial charge is 0.305 e. The van der Waals surface area contributed by atoms with Crippen LogP contribution in [0.25, 0.3) is 0 Å². The average molecular weight is 275 g/mol. The standard InChI is InChI=1S/C11H14FNO4S/c1-6-4-9(13(16)17)8(12)5-7(6)11(15)10(14)2-3-18/h4-5,10-11,14-15,18H,2-3H2,1H3. The average Bonchev–Trinajstić information content (AvgIpc) is 2.30. The van der Waals surface area contributed by atoms with E-state index in [0.717, 1.165) is 12.1 Å². The van der Waals surface area contributed by atoms with Crippen molar-refractivity contribution in [2.75, 3.05) is 5.75 Å². The molecule has 0 aliphatic heterocycles. The highest BCUT2D eigenvalue weighted by atomic mass is 32.1. The summed E-state index contributed by atoms with van der Waals surface area (Å²) >= 11 is 3.92. The number of nitrogens with zero attached hydrogens (tertiary/aromatic N) is 1. The number of benzene rings is 1. The number of rotatable bonds is 5. The van der Waals surface area contributed by atoms with Crippen LogP contribution in [0.3, 0.4) is 0 Å². The number of aryl methyl sites for hydroxylation is 1. The van der Waals surface area contributed by atoms with Gasteiger partial charge in [0.2, 0.25) is 5.82 Å². The predicted octanol–water partition coefficient (Wildman–Crippen LogP) is 1.76. The third-order valence-electron chi connectivity index (χ3n) is 2.64. The third-order valence-corrected chi connectivity index (χ3v) is 2.90. The Morgan fingerprint density at radius 3 is 2.61 bits per heavy atom. The van der Waals surface area contributed by atoms with E-state index in [1.165, 1.54) is 6.92 Å². The predicted molar refractivity (Wildman–Crippen MR) is 67.2 cm³/mol. The minimum Gasteiger partial charge on any atom is -0.390 e. The Kier molecular flexibility index (Phi) is 5.06. The van der Waals surface area contributed by atoms with Crippen molar-refractivity contribution in [1.82, 2.24) is 0 Å². The highest BCUT2D eigenvalue weighted by molar-refractivity contribution is 7.80. The number of hydrogen-bond acceptors (Lipinski definition) is 5. The number of thiol groups is 1. The van der Waals surface area contributed by atoms with E-state index in [9.17, 15) is 24.7 Å². The molecule has 2 N–H and O–H groups in total. The summed E-state index contributed by atoms with van der Waals surface area (Å²) in [6.45, 7) is 1.51. The van der Waals surface area contributed by atoms with Crippen LogP contribution in [0.4, 0.5) is 10.1 Å². The molecule has 0 saturated carbocycles. The lowest BCUT2D eigenvalue weighted by atomic mass is 9.97. The van der Waals surface area contributed by atoms with Crippen molar-refractivity contribution in [3.63, 3.8) is 0 Å². The van der Waals surface area contributed by atoms with Gasteiger partial charge >= 0.3 is 5.69 Å². The minimum absolute atomic E-state index is 0.146. The van der Waals surface area contributed by atoms with Crippen molar-refractivity contribution in [3.8, 4) is 0 Å². The summed E-state index contributed by atoms with van der Waals surface area (Å²) in [6.07, 6.45) is -2.13. The number of halogens is 1. The Hall–Kier alpha value is -1.18. The van der Waals surface area contributed by atoms with Crippen LogP contribution in [-0.4, -0.2) is 27.0 Å². The second-order valence-electron chi connectivity index (χ2n) is 3.94. The largest absolute Gasteiger partial charge is 0.390 e. The molecule has 0 bridgehead atoms. The zero-order valence-electron chi connectivity index (χ0n) is 9.71. The second kappa shape index (κ2) is 6.12. The summed E-state index contributed by atoms with van der Waals surface area (Å²) in [5, 5.41) is 30.0. The van der Waals surface area contributed by atoms with E-state index in [4.69, 9.17) is 0 Å². The van der Waals surface area contributed by atoms with Crippen LogP contribution >= 0.6 is 12.6 Å². The molecular weight excluding hydrogens is 261 g/mol. The van der Waals surface area contributed by atoms with Gasteiger partial charge in [-0.05, 0) is 36.3 Å². The highest BCUT2D eigenvalue weighted by Crippen LogP contribution is 2.28. The van der Waals surface area contributed by atoms with Gasteiger partial charge < -0.3 is 10.2 Å². The Bertz CT molecular complexity index is 455. The van der Waals surface area contributed by atoms with Crippen LogP contribution in [0.2, 0.25) is 0 Å². The quantitative estimate of drug-likeness (QED) is 0.434. The maximum absolute atomic E-state index is 13.4. The fraction of sp³-hybridized carbons (Fsp3) is 0.455. The second-order valence-corrected chi connectivity index (χ2v) is 4.39. The molecule has 2 unspecified atom stereocenters. The van der Waals surface area contributed by atoms with Gasteiger partial charge in [0, 0.05) is 6.07 Å². The van der Waals surface area contributed by atoms with Crippen LogP contribution < -0.4 is 0 Å². The summed E-state index contributed by atoms with van der Waals surface area (Å²) in [7, 11) is 0. The number of aliphatic hydroxyl groups is 2. The van der Waals surface area contributed by atoms with E-state index in [2.05, 4.69) is 12.6 Å². The molecule has 2 atom stereocenters. The molecule has 0 aliphatic rings. The number of nitro groups is 1. The molecular formula is C11H14FNO4S. The first-order valence-electron chi connectivity index (χ1n) is 5.30. The molecule has 0 aliphatic carbocycles. The summed E-state index contributed by atoms with van der Waals surface area (Å²) < 4.78 is 13.4. The minimum atomic E-state index is -1.28. The van der Waals surface area contributed by atoms with Gasteiger partial charge in [0.15, 0.2) is 0 Å². The number of nitro benzene ring substituents is 1. The Morgan fingerprint density at radius 1 is 1.50 bits per heavy atom. The van der Waals surface area contributed by atoms with E-state index in [1.54, 1.807) is 0 Å². The fourth-order valence-corrected chi connectivity index (χ4v) is 1.90. The lowest BCUT2D eigenvalue weighted by molar-refractivity contribution is -0.387. The molecule has 0 saturated heterocycles. The Labute approximate surface area is 109 Å². The van der Waals surface area contributed by atoms with Crippen molar-refractivity contribution in [2.45, 2.75) is 25.6 Å². The van der Waals surface area contributed by atoms with Gasteiger partial charge in [-0.25, -0.2) is 0 Å². The molecule has 0 aromatic heterocycles. The molecule has 7 heteroatoms. The summed E-state index contributed by atoms with van der Waals surface area (Å²) in [5.41, 5.74) is -0.145. The molecule has 1 aromatic rings. The molecule has 1 rings (SSSR count). The van der Waals surface area contributed by atoms with Gasteiger partial charge in [-0.1, -0.05) is 0 Å². The van der Waals surface area contributed by atoms with Crippen LogP contribution in [-0.2, 0) is 0 Å². The van der Waals surface area contributed by atoms with E-state index < -0.39 is 28.6 Å². The maximum atomic E-state index is 13.4. The molecule has 0 spiro atoms. The van der Waals surface area contributed by atoms with Crippen LogP contribution in [0.5, 0.6) is 0 Å². The topological polar surface area (TPSA) is 83.6 Å². The first-order chi connectivity index (χ1) is 8.38. The Balaban J connectivity index is 3.11. The summed E-state index contributed by atoms with van der Waals surface area (Å²) in [4.78, 5) is 9.70. The van der Waals surface area contributed by atoms with E-state index in [-0.39, 0.29) is 12.0 Å². The molecule has 18 heavy (non-hydrogen) atoms. The summed E-state index contributed by atoms with van der Waals surface area (Å²) in [6, 6.07) is 1.93. The van der Waals surface area contributed by atoms with Gasteiger partial charge in [-0.2, -0.15) is 17.0 Å². The molecule has 1 aromatic carbocycles. The zero-order valence-corrected chi connectivity index (χ0v) is 10.6. The van der Waals surface area contributed by atoms with Crippen LogP contribution in [0, 0.1) is 22.9 Å². The van der Waals surface area contributed by atoms with Gasteiger partial charge in [0.05, 0.1) is 11.0 Å². The van der Waals surface area contributed by atoms with E-state index in [0.29, 0.717) is 11.3 Å². The lowest BCUT2D eigenvalue weighted by Gasteiger charge is -2.19. The van der Waals surface area contributed by atoms with E-state index in [1.807, 2.05) is 0 Å². The Morgan fingerprint density at radius 2 is 2.11 bits per heavy atom. The van der Waals surface area contributed by atoms with Gasteiger partial charge in [-0.3, -0.25) is 10.1 Å². The zero-order chi connectivity index (χ0) is 13.9. The first kappa shape index (κ1) is 14.9. The normalized spacial score (nSPS) is 14.3. The van der Waals surface area contributed by atoms with Crippen LogP contribution in [0.1, 0.15) is 23.7 Å². The van der Waals surface area contributed by atoms with Crippen molar-refractivity contribution in [1.29, 1.82) is 0 Å². The molecule has 0 fully saturated rings. The maximum Gasteiger partial charge on any atom is 0.305 e. The van der Waals surface area contributed by atoms with Crippen molar-refractivity contribution in [2.24, 2.45) is 0 Å². The van der Waals surface area contributed by atoms with Crippen molar-refractivity contribution >= 4 is 18.3 Å². The van der Waals surface area contributed by atoms with Gasteiger partial charge in [0.25, 0.3) is 0 Å². The van der Waals surface area contributed by atoms with Gasteiger partial charge in [-0.15, -0.1) is 0 Å².